The van der Waals surface area contributed by atoms with Gasteiger partial charge in [0.05, 0.1) is 0 Å². The molecule has 2 N–H and O–H groups in total. The molecule has 0 saturated carbocycles. The van der Waals surface area contributed by atoms with Crippen molar-refractivity contribution >= 4 is 17.9 Å². The van der Waals surface area contributed by atoms with Crippen LogP contribution in [0.15, 0.2) is 24.3 Å². The van der Waals surface area contributed by atoms with Crippen molar-refractivity contribution in [1.82, 2.24) is 15.5 Å². The Labute approximate surface area is 206 Å². The quantitative estimate of drug-likeness (QED) is 0.464. The van der Waals surface area contributed by atoms with Crippen molar-refractivity contribution in [2.45, 2.75) is 105 Å². The minimum absolute atomic E-state index is 0.0110. The molecule has 0 saturated heterocycles. The van der Waals surface area contributed by atoms with Crippen LogP contribution in [0.1, 0.15) is 91.8 Å². The van der Waals surface area contributed by atoms with Gasteiger partial charge in [-0.3, -0.25) is 9.59 Å². The van der Waals surface area contributed by atoms with Crippen LogP contribution in [-0.2, 0) is 14.3 Å². The molecule has 4 unspecified atom stereocenters. The Bertz CT molecular complexity index is 818. The van der Waals surface area contributed by atoms with E-state index < -0.39 is 23.8 Å². The first-order chi connectivity index (χ1) is 15.9. The summed E-state index contributed by atoms with van der Waals surface area (Å²) in [6.45, 7) is 17.4. The van der Waals surface area contributed by atoms with Crippen LogP contribution in [0.3, 0.4) is 0 Å². The fourth-order valence-electron chi connectivity index (χ4n) is 3.93. The number of alkyl carbamates (subject to hydrolysis) is 1. The second kappa shape index (κ2) is 13.4. The number of carbonyl (C=O) groups excluding carboxylic acids is 3. The number of benzene rings is 1. The molecular formula is C27H45N3O4. The third kappa shape index (κ3) is 8.65. The molecule has 3 amide bonds. The van der Waals surface area contributed by atoms with Gasteiger partial charge in [-0.1, -0.05) is 57.9 Å². The molecule has 0 spiro atoms. The van der Waals surface area contributed by atoms with Crippen LogP contribution in [0.25, 0.3) is 0 Å². The molecule has 0 bridgehead atoms. The molecule has 7 nitrogen and oxygen atoms in total. The van der Waals surface area contributed by atoms with Crippen molar-refractivity contribution in [2.75, 3.05) is 6.54 Å². The summed E-state index contributed by atoms with van der Waals surface area (Å²) in [6.07, 6.45) is 1.83. The predicted molar refractivity (Wildman–Crippen MR) is 136 cm³/mol. The number of carbonyl (C=O) groups is 3. The molecule has 4 atom stereocenters. The van der Waals surface area contributed by atoms with E-state index >= 15 is 0 Å². The third-order valence-electron chi connectivity index (χ3n) is 5.93. The van der Waals surface area contributed by atoms with Gasteiger partial charge in [0.1, 0.15) is 17.7 Å². The number of hydrogen-bond acceptors (Lipinski definition) is 4. The molecule has 192 valence electrons. The van der Waals surface area contributed by atoms with E-state index in [0.29, 0.717) is 13.0 Å². The summed E-state index contributed by atoms with van der Waals surface area (Å²) < 4.78 is 5.42. The van der Waals surface area contributed by atoms with Gasteiger partial charge in [0.25, 0.3) is 0 Å². The Hall–Kier alpha value is -2.57. The normalized spacial score (nSPS) is 15.0. The maximum atomic E-state index is 13.9. The van der Waals surface area contributed by atoms with Crippen LogP contribution >= 0.6 is 0 Å². The third-order valence-corrected chi connectivity index (χ3v) is 5.93. The molecule has 0 heterocycles. The number of rotatable bonds is 11. The van der Waals surface area contributed by atoms with Crippen LogP contribution < -0.4 is 10.6 Å². The van der Waals surface area contributed by atoms with Gasteiger partial charge in [0.2, 0.25) is 11.8 Å². The van der Waals surface area contributed by atoms with Crippen molar-refractivity contribution < 1.29 is 19.1 Å². The summed E-state index contributed by atoms with van der Waals surface area (Å²) in [7, 11) is 0. The van der Waals surface area contributed by atoms with E-state index in [-0.39, 0.29) is 23.8 Å². The Morgan fingerprint density at radius 1 is 1.03 bits per heavy atom. The van der Waals surface area contributed by atoms with Crippen molar-refractivity contribution in [2.24, 2.45) is 5.92 Å². The molecule has 0 fully saturated rings. The zero-order valence-electron chi connectivity index (χ0n) is 22.5. The summed E-state index contributed by atoms with van der Waals surface area (Å²) >= 11 is 0. The molecule has 0 aliphatic carbocycles. The molecule has 1 aromatic rings. The van der Waals surface area contributed by atoms with E-state index in [0.717, 1.165) is 24.0 Å². The lowest BCUT2D eigenvalue weighted by atomic mass is 9.94. The van der Waals surface area contributed by atoms with E-state index in [1.165, 1.54) is 0 Å². The van der Waals surface area contributed by atoms with Crippen LogP contribution in [0.5, 0.6) is 0 Å². The lowest BCUT2D eigenvalue weighted by Crippen LogP contribution is -2.55. The van der Waals surface area contributed by atoms with E-state index in [1.807, 2.05) is 58.9 Å². The predicted octanol–water partition coefficient (Wildman–Crippen LogP) is 5.13. The maximum absolute atomic E-state index is 13.9. The average Bonchev–Trinajstić information content (AvgIpc) is 2.74. The standard InChI is InChI=1S/C27H45N3O4/c1-10-15-20(6)28-24(31)23(21-17-14-13-16-19(21)5)30(12-3)25(32)22(18(4)11-2)29-26(33)34-27(7,8)9/h13-14,16-18,20,22-23H,10-12,15H2,1-9H3,(H,28,31)(H,29,33). The molecule has 0 radical (unpaired) electrons. The Balaban J connectivity index is 3.40. The Morgan fingerprint density at radius 2 is 1.65 bits per heavy atom. The number of nitrogens with one attached hydrogen (secondary N) is 2. The molecule has 1 aromatic carbocycles. The minimum atomic E-state index is -0.813. The van der Waals surface area contributed by atoms with Crippen molar-refractivity contribution in [3.63, 3.8) is 0 Å². The van der Waals surface area contributed by atoms with E-state index in [1.54, 1.807) is 25.7 Å². The average molecular weight is 476 g/mol. The summed E-state index contributed by atoms with van der Waals surface area (Å²) in [5, 5.41) is 5.86. The SMILES string of the molecule is CCCC(C)NC(=O)C(c1ccccc1C)N(CC)C(=O)C(NC(=O)OC(C)(C)C)C(C)CC. The highest BCUT2D eigenvalue weighted by Gasteiger charge is 2.38. The summed E-state index contributed by atoms with van der Waals surface area (Å²) in [4.78, 5) is 41.6. The van der Waals surface area contributed by atoms with E-state index in [9.17, 15) is 14.4 Å². The molecule has 0 aromatic heterocycles. The number of aryl methyl sites for hydroxylation is 1. The molecule has 0 aliphatic heterocycles. The largest absolute Gasteiger partial charge is 0.444 e. The number of likely N-dealkylation sites (N-methyl/N-ethyl adjacent to an activating group) is 1. The van der Waals surface area contributed by atoms with Gasteiger partial charge < -0.3 is 20.3 Å². The van der Waals surface area contributed by atoms with Crippen molar-refractivity contribution in [3.8, 4) is 0 Å². The minimum Gasteiger partial charge on any atom is -0.444 e. The highest BCUT2D eigenvalue weighted by molar-refractivity contribution is 5.92. The first kappa shape index (κ1) is 29.5. The van der Waals surface area contributed by atoms with Crippen LogP contribution in [0.4, 0.5) is 4.79 Å². The van der Waals surface area contributed by atoms with Gasteiger partial charge in [-0.25, -0.2) is 4.79 Å². The molecule has 34 heavy (non-hydrogen) atoms. The van der Waals surface area contributed by atoms with Gasteiger partial charge in [0, 0.05) is 12.6 Å². The number of hydrogen-bond donors (Lipinski definition) is 2. The van der Waals surface area contributed by atoms with Crippen LogP contribution in [-0.4, -0.2) is 47.0 Å². The van der Waals surface area contributed by atoms with Gasteiger partial charge >= 0.3 is 6.09 Å². The first-order valence-electron chi connectivity index (χ1n) is 12.5. The summed E-state index contributed by atoms with van der Waals surface area (Å²) in [6, 6.07) is 5.99. The fourth-order valence-corrected chi connectivity index (χ4v) is 3.93. The lowest BCUT2D eigenvalue weighted by molar-refractivity contribution is -0.143. The van der Waals surface area contributed by atoms with Gasteiger partial charge in [0.15, 0.2) is 0 Å². The van der Waals surface area contributed by atoms with Crippen molar-refractivity contribution in [3.05, 3.63) is 35.4 Å². The second-order valence-electron chi connectivity index (χ2n) is 10.1. The van der Waals surface area contributed by atoms with E-state index in [2.05, 4.69) is 17.6 Å². The highest BCUT2D eigenvalue weighted by atomic mass is 16.6. The highest BCUT2D eigenvalue weighted by Crippen LogP contribution is 2.27. The topological polar surface area (TPSA) is 87.7 Å². The Kier molecular flexibility index (Phi) is 11.6. The Morgan fingerprint density at radius 3 is 2.15 bits per heavy atom. The number of nitrogens with zero attached hydrogens (tertiary/aromatic N) is 1. The van der Waals surface area contributed by atoms with Gasteiger partial charge in [-0.15, -0.1) is 0 Å². The first-order valence-corrected chi connectivity index (χ1v) is 12.5. The second-order valence-corrected chi connectivity index (χ2v) is 10.1. The molecule has 1 rings (SSSR count). The molecular weight excluding hydrogens is 430 g/mol. The smallest absolute Gasteiger partial charge is 0.408 e. The van der Waals surface area contributed by atoms with E-state index in [4.69, 9.17) is 4.74 Å². The molecule has 7 heteroatoms. The number of ether oxygens (including phenoxy) is 1. The zero-order chi connectivity index (χ0) is 26.1. The summed E-state index contributed by atoms with van der Waals surface area (Å²) in [5.41, 5.74) is 1.02. The van der Waals surface area contributed by atoms with Gasteiger partial charge in [-0.05, 0) is 65.0 Å². The molecule has 0 aliphatic rings. The lowest BCUT2D eigenvalue weighted by Gasteiger charge is -2.36. The maximum Gasteiger partial charge on any atom is 0.408 e. The fraction of sp³-hybridized carbons (Fsp3) is 0.667. The van der Waals surface area contributed by atoms with Crippen molar-refractivity contribution in [1.29, 1.82) is 0 Å². The summed E-state index contributed by atoms with van der Waals surface area (Å²) in [5.74, 6) is -0.659. The zero-order valence-corrected chi connectivity index (χ0v) is 22.5. The monoisotopic (exact) mass is 475 g/mol. The number of amides is 3. The van der Waals surface area contributed by atoms with Crippen LogP contribution in [0, 0.1) is 12.8 Å². The van der Waals surface area contributed by atoms with Crippen LogP contribution in [0.2, 0.25) is 0 Å². The van der Waals surface area contributed by atoms with Gasteiger partial charge in [-0.2, -0.15) is 0 Å².